The van der Waals surface area contributed by atoms with Gasteiger partial charge in [0.25, 0.3) is 5.91 Å². The number of carbonyl (C=O) groups excluding carboxylic acids is 1. The van der Waals surface area contributed by atoms with Crippen molar-refractivity contribution in [2.75, 3.05) is 13.1 Å². The highest BCUT2D eigenvalue weighted by molar-refractivity contribution is 6.44. The van der Waals surface area contributed by atoms with Gasteiger partial charge in [0.1, 0.15) is 0 Å². The Morgan fingerprint density at radius 2 is 1.86 bits per heavy atom. The van der Waals surface area contributed by atoms with Crippen LogP contribution in [0.4, 0.5) is 0 Å². The molecule has 1 saturated heterocycles. The summed E-state index contributed by atoms with van der Waals surface area (Å²) in [4.78, 5) is 24.9. The number of rotatable bonds is 3. The zero-order valence-electron chi connectivity index (χ0n) is 11.3. The summed E-state index contributed by atoms with van der Waals surface area (Å²) in [6, 6.07) is 5.04. The van der Waals surface area contributed by atoms with Gasteiger partial charge in [0.2, 0.25) is 0 Å². The first kappa shape index (κ1) is 15.9. The fourth-order valence-corrected chi connectivity index (χ4v) is 2.79. The van der Waals surface area contributed by atoms with Gasteiger partial charge in [0, 0.05) is 24.2 Å². The maximum atomic E-state index is 12.4. The van der Waals surface area contributed by atoms with Crippen molar-refractivity contribution >= 4 is 40.7 Å². The monoisotopic (exact) mass is 327 g/mol. The molecule has 0 aliphatic carbocycles. The van der Waals surface area contributed by atoms with Crippen LogP contribution in [0.3, 0.4) is 0 Å². The molecule has 0 bridgehead atoms. The molecule has 4 nitrogen and oxygen atoms in total. The second kappa shape index (κ2) is 6.50. The maximum Gasteiger partial charge on any atom is 0.306 e. The standard InChI is InChI=1S/C15H15Cl2NO3/c1-9(11-3-2-4-12(16)13(11)17)14(19)18-7-5-10(6-8-18)15(20)21/h2-4,10H,1,5-8H2,(H,20,21). The Balaban J connectivity index is 2.09. The quantitative estimate of drug-likeness (QED) is 0.866. The van der Waals surface area contributed by atoms with Crippen LogP contribution in [-0.2, 0) is 9.59 Å². The number of carboxylic acid groups (broad SMARTS) is 1. The van der Waals surface area contributed by atoms with Gasteiger partial charge in [-0.25, -0.2) is 0 Å². The molecule has 112 valence electrons. The van der Waals surface area contributed by atoms with Crippen molar-refractivity contribution in [1.29, 1.82) is 0 Å². The van der Waals surface area contributed by atoms with E-state index in [1.165, 1.54) is 0 Å². The molecule has 21 heavy (non-hydrogen) atoms. The topological polar surface area (TPSA) is 57.6 Å². The van der Waals surface area contributed by atoms with Crippen molar-refractivity contribution < 1.29 is 14.7 Å². The van der Waals surface area contributed by atoms with Gasteiger partial charge in [-0.15, -0.1) is 0 Å². The second-order valence-electron chi connectivity index (χ2n) is 4.98. The van der Waals surface area contributed by atoms with Crippen LogP contribution in [0.1, 0.15) is 18.4 Å². The number of likely N-dealkylation sites (tertiary alicyclic amines) is 1. The number of piperidine rings is 1. The summed E-state index contributed by atoms with van der Waals surface area (Å²) in [5.41, 5.74) is 0.783. The summed E-state index contributed by atoms with van der Waals surface area (Å²) < 4.78 is 0. The summed E-state index contributed by atoms with van der Waals surface area (Å²) in [6.45, 7) is 4.62. The maximum absolute atomic E-state index is 12.4. The van der Waals surface area contributed by atoms with E-state index in [0.717, 1.165) is 0 Å². The number of halogens is 2. The molecule has 1 N–H and O–H groups in total. The van der Waals surface area contributed by atoms with Gasteiger partial charge >= 0.3 is 5.97 Å². The zero-order chi connectivity index (χ0) is 15.6. The fraction of sp³-hybridized carbons (Fsp3) is 0.333. The molecule has 0 radical (unpaired) electrons. The first-order valence-electron chi connectivity index (χ1n) is 6.57. The molecule has 0 atom stereocenters. The Kier molecular flexibility index (Phi) is 4.91. The third kappa shape index (κ3) is 3.39. The van der Waals surface area contributed by atoms with Crippen LogP contribution in [0.5, 0.6) is 0 Å². The minimum Gasteiger partial charge on any atom is -0.481 e. The molecule has 1 aromatic rings. The van der Waals surface area contributed by atoms with Crippen molar-refractivity contribution in [3.63, 3.8) is 0 Å². The Morgan fingerprint density at radius 1 is 1.24 bits per heavy atom. The molecule has 1 aliphatic heterocycles. The number of carbonyl (C=O) groups is 2. The van der Waals surface area contributed by atoms with Crippen molar-refractivity contribution in [1.82, 2.24) is 4.90 Å². The smallest absolute Gasteiger partial charge is 0.306 e. The van der Waals surface area contributed by atoms with E-state index in [1.807, 2.05) is 0 Å². The first-order chi connectivity index (χ1) is 9.91. The summed E-state index contributed by atoms with van der Waals surface area (Å²) in [6.07, 6.45) is 0.912. The van der Waals surface area contributed by atoms with E-state index in [-0.39, 0.29) is 17.4 Å². The van der Waals surface area contributed by atoms with E-state index in [2.05, 4.69) is 6.58 Å². The van der Waals surface area contributed by atoms with E-state index in [0.29, 0.717) is 41.5 Å². The molecule has 1 aliphatic rings. The molecule has 1 fully saturated rings. The SMILES string of the molecule is C=C(C(=O)N1CCC(C(=O)O)CC1)c1cccc(Cl)c1Cl. The van der Waals surface area contributed by atoms with Gasteiger partial charge in [-0.1, -0.05) is 41.9 Å². The highest BCUT2D eigenvalue weighted by Crippen LogP contribution is 2.31. The number of benzene rings is 1. The Hall–Kier alpha value is -1.52. The molecular formula is C15H15Cl2NO3. The normalized spacial score (nSPS) is 15.8. The van der Waals surface area contributed by atoms with Crippen LogP contribution in [0.25, 0.3) is 5.57 Å². The lowest BCUT2D eigenvalue weighted by Gasteiger charge is -2.30. The second-order valence-corrected chi connectivity index (χ2v) is 5.77. The molecule has 0 unspecified atom stereocenters. The van der Waals surface area contributed by atoms with Crippen LogP contribution in [0.2, 0.25) is 10.0 Å². The van der Waals surface area contributed by atoms with E-state index in [1.54, 1.807) is 23.1 Å². The molecule has 6 heteroatoms. The fourth-order valence-electron chi connectivity index (χ4n) is 2.37. The van der Waals surface area contributed by atoms with Crippen LogP contribution in [-0.4, -0.2) is 35.0 Å². The average molecular weight is 328 g/mol. The predicted molar refractivity (Wildman–Crippen MR) is 82.4 cm³/mol. The van der Waals surface area contributed by atoms with Crippen molar-refractivity contribution in [2.24, 2.45) is 5.92 Å². The Labute approximate surface area is 133 Å². The van der Waals surface area contributed by atoms with Gasteiger partial charge < -0.3 is 10.0 Å². The molecule has 0 aromatic heterocycles. The first-order valence-corrected chi connectivity index (χ1v) is 7.32. The minimum absolute atomic E-state index is 0.233. The lowest BCUT2D eigenvalue weighted by Crippen LogP contribution is -2.40. The molecule has 1 heterocycles. The highest BCUT2D eigenvalue weighted by atomic mass is 35.5. The van der Waals surface area contributed by atoms with Gasteiger partial charge in [-0.3, -0.25) is 9.59 Å². The van der Waals surface area contributed by atoms with Gasteiger partial charge in [-0.05, 0) is 18.9 Å². The predicted octanol–water partition coefficient (Wildman–Crippen LogP) is 3.33. The largest absolute Gasteiger partial charge is 0.481 e. The van der Waals surface area contributed by atoms with Crippen molar-refractivity contribution in [3.8, 4) is 0 Å². The average Bonchev–Trinajstić information content (AvgIpc) is 2.48. The third-order valence-electron chi connectivity index (χ3n) is 3.67. The van der Waals surface area contributed by atoms with Crippen molar-refractivity contribution in [3.05, 3.63) is 40.4 Å². The van der Waals surface area contributed by atoms with Gasteiger partial charge in [0.05, 0.1) is 16.0 Å². The molecule has 2 rings (SSSR count). The van der Waals surface area contributed by atoms with E-state index >= 15 is 0 Å². The number of aliphatic carboxylic acids is 1. The Morgan fingerprint density at radius 3 is 2.43 bits per heavy atom. The highest BCUT2D eigenvalue weighted by Gasteiger charge is 2.28. The third-order valence-corrected chi connectivity index (χ3v) is 4.49. The van der Waals surface area contributed by atoms with Gasteiger partial charge in [-0.2, -0.15) is 0 Å². The number of hydrogen-bond donors (Lipinski definition) is 1. The summed E-state index contributed by atoms with van der Waals surface area (Å²) in [5.74, 6) is -1.42. The molecular weight excluding hydrogens is 313 g/mol. The van der Waals surface area contributed by atoms with Crippen LogP contribution in [0, 0.1) is 5.92 Å². The zero-order valence-corrected chi connectivity index (χ0v) is 12.8. The molecule has 0 spiro atoms. The number of hydrogen-bond acceptors (Lipinski definition) is 2. The molecule has 1 amide bonds. The van der Waals surface area contributed by atoms with E-state index in [4.69, 9.17) is 28.3 Å². The van der Waals surface area contributed by atoms with Crippen LogP contribution >= 0.6 is 23.2 Å². The van der Waals surface area contributed by atoms with E-state index < -0.39 is 5.97 Å². The number of nitrogens with zero attached hydrogens (tertiary/aromatic N) is 1. The molecule has 1 aromatic carbocycles. The summed E-state index contributed by atoms with van der Waals surface area (Å²) in [7, 11) is 0. The number of carboxylic acids is 1. The van der Waals surface area contributed by atoms with E-state index in [9.17, 15) is 9.59 Å². The lowest BCUT2D eigenvalue weighted by molar-refractivity contribution is -0.144. The summed E-state index contributed by atoms with van der Waals surface area (Å²) in [5, 5.41) is 9.64. The lowest BCUT2D eigenvalue weighted by atomic mass is 9.96. The summed E-state index contributed by atoms with van der Waals surface area (Å²) >= 11 is 12.0. The van der Waals surface area contributed by atoms with Crippen LogP contribution in [0.15, 0.2) is 24.8 Å². The van der Waals surface area contributed by atoms with Gasteiger partial charge in [0.15, 0.2) is 0 Å². The Bertz CT molecular complexity index is 593. The van der Waals surface area contributed by atoms with Crippen LogP contribution < -0.4 is 0 Å². The molecule has 0 saturated carbocycles. The van der Waals surface area contributed by atoms with Crippen molar-refractivity contribution in [2.45, 2.75) is 12.8 Å². The number of amides is 1. The minimum atomic E-state index is -0.807.